The van der Waals surface area contributed by atoms with Gasteiger partial charge in [0.05, 0.1) is 7.11 Å². The van der Waals surface area contributed by atoms with Crippen molar-refractivity contribution in [3.05, 3.63) is 24.5 Å². The first-order valence-electron chi connectivity index (χ1n) is 5.80. The average molecular weight is 248 g/mol. The number of hydrogen-bond donors (Lipinski definition) is 1. The second-order valence-corrected chi connectivity index (χ2v) is 3.66. The molecular weight excluding hydrogens is 232 g/mol. The second kappa shape index (κ2) is 5.95. The first-order valence-corrected chi connectivity index (χ1v) is 5.80. The Hall–Kier alpha value is -2.18. The van der Waals surface area contributed by atoms with Crippen LogP contribution in [0.2, 0.25) is 0 Å². The summed E-state index contributed by atoms with van der Waals surface area (Å²) in [5, 5.41) is 11.1. The summed E-state index contributed by atoms with van der Waals surface area (Å²) in [6, 6.07) is 1.75. The topological polar surface area (TPSA) is 77.8 Å². The van der Waals surface area contributed by atoms with Crippen LogP contribution < -0.4 is 10.1 Å². The standard InChI is InChI=1S/C11H16N6O/c1-3-17-8-15-16-10(17)4-5-12-9-6-11(18-2)14-7-13-9/h6-8H,3-5H2,1-2H3,(H,12,13,14). The lowest BCUT2D eigenvalue weighted by Crippen LogP contribution is -2.10. The van der Waals surface area contributed by atoms with E-state index in [1.54, 1.807) is 19.5 Å². The summed E-state index contributed by atoms with van der Waals surface area (Å²) in [5.74, 6) is 2.25. The normalized spacial score (nSPS) is 10.3. The quantitative estimate of drug-likeness (QED) is 0.812. The van der Waals surface area contributed by atoms with Gasteiger partial charge in [0.25, 0.3) is 0 Å². The third-order valence-corrected chi connectivity index (χ3v) is 2.54. The highest BCUT2D eigenvalue weighted by Crippen LogP contribution is 2.09. The highest BCUT2D eigenvalue weighted by atomic mass is 16.5. The maximum Gasteiger partial charge on any atom is 0.218 e. The lowest BCUT2D eigenvalue weighted by molar-refractivity contribution is 0.397. The van der Waals surface area contributed by atoms with Gasteiger partial charge in [-0.3, -0.25) is 0 Å². The Labute approximate surface area is 105 Å². The molecule has 0 radical (unpaired) electrons. The van der Waals surface area contributed by atoms with E-state index in [4.69, 9.17) is 4.74 Å². The molecule has 2 heterocycles. The smallest absolute Gasteiger partial charge is 0.218 e. The maximum absolute atomic E-state index is 5.03. The van der Waals surface area contributed by atoms with Crippen LogP contribution in [0, 0.1) is 0 Å². The monoisotopic (exact) mass is 248 g/mol. The number of aryl methyl sites for hydroxylation is 1. The van der Waals surface area contributed by atoms with Crippen LogP contribution in [0.5, 0.6) is 5.88 Å². The van der Waals surface area contributed by atoms with Gasteiger partial charge < -0.3 is 14.6 Å². The van der Waals surface area contributed by atoms with Crippen molar-refractivity contribution >= 4 is 5.82 Å². The second-order valence-electron chi connectivity index (χ2n) is 3.66. The Morgan fingerprint density at radius 2 is 2.28 bits per heavy atom. The van der Waals surface area contributed by atoms with Gasteiger partial charge in [0, 0.05) is 25.6 Å². The molecule has 0 saturated heterocycles. The van der Waals surface area contributed by atoms with Crippen molar-refractivity contribution in [3.63, 3.8) is 0 Å². The summed E-state index contributed by atoms with van der Waals surface area (Å²) < 4.78 is 7.04. The van der Waals surface area contributed by atoms with Crippen molar-refractivity contribution in [2.24, 2.45) is 0 Å². The van der Waals surface area contributed by atoms with Gasteiger partial charge in [-0.25, -0.2) is 9.97 Å². The molecule has 1 N–H and O–H groups in total. The molecule has 0 spiro atoms. The van der Waals surface area contributed by atoms with Crippen molar-refractivity contribution in [1.29, 1.82) is 0 Å². The van der Waals surface area contributed by atoms with Gasteiger partial charge in [0.2, 0.25) is 5.88 Å². The van der Waals surface area contributed by atoms with Gasteiger partial charge in [-0.2, -0.15) is 0 Å². The Kier molecular flexibility index (Phi) is 4.06. The summed E-state index contributed by atoms with van der Waals surface area (Å²) in [5.41, 5.74) is 0. The van der Waals surface area contributed by atoms with E-state index in [1.165, 1.54) is 6.33 Å². The molecule has 18 heavy (non-hydrogen) atoms. The summed E-state index contributed by atoms with van der Waals surface area (Å²) in [4.78, 5) is 8.05. The van der Waals surface area contributed by atoms with Crippen LogP contribution in [0.15, 0.2) is 18.7 Å². The molecule has 0 atom stereocenters. The molecule has 0 bridgehead atoms. The third-order valence-electron chi connectivity index (χ3n) is 2.54. The van der Waals surface area contributed by atoms with E-state index in [1.807, 2.05) is 4.57 Å². The molecule has 7 nitrogen and oxygen atoms in total. The van der Waals surface area contributed by atoms with Crippen LogP contribution in [0.3, 0.4) is 0 Å². The number of nitrogens with zero attached hydrogens (tertiary/aromatic N) is 5. The van der Waals surface area contributed by atoms with Crippen LogP contribution in [0.25, 0.3) is 0 Å². The first kappa shape index (κ1) is 12.3. The van der Waals surface area contributed by atoms with Crippen LogP contribution in [0.4, 0.5) is 5.82 Å². The third kappa shape index (κ3) is 2.93. The molecule has 0 aliphatic carbocycles. The number of nitrogens with one attached hydrogen (secondary N) is 1. The Morgan fingerprint density at radius 3 is 3.06 bits per heavy atom. The van der Waals surface area contributed by atoms with E-state index in [0.29, 0.717) is 5.88 Å². The highest BCUT2D eigenvalue weighted by molar-refractivity contribution is 5.36. The molecular formula is C11H16N6O. The summed E-state index contributed by atoms with van der Waals surface area (Å²) >= 11 is 0. The summed E-state index contributed by atoms with van der Waals surface area (Å²) in [6.07, 6.45) is 4.00. The molecule has 0 aliphatic heterocycles. The molecule has 0 fully saturated rings. The van der Waals surface area contributed by atoms with E-state index in [2.05, 4.69) is 32.4 Å². The number of anilines is 1. The van der Waals surface area contributed by atoms with Crippen molar-refractivity contribution in [3.8, 4) is 5.88 Å². The van der Waals surface area contributed by atoms with Crippen LogP contribution in [-0.4, -0.2) is 38.4 Å². The summed E-state index contributed by atoms with van der Waals surface area (Å²) in [7, 11) is 1.58. The van der Waals surface area contributed by atoms with Crippen molar-refractivity contribution in [2.75, 3.05) is 19.0 Å². The predicted octanol–water partition coefficient (Wildman–Crippen LogP) is 0.751. The largest absolute Gasteiger partial charge is 0.481 e. The average Bonchev–Trinajstić information content (AvgIpc) is 2.86. The number of hydrogen-bond acceptors (Lipinski definition) is 6. The molecule has 0 saturated carbocycles. The lowest BCUT2D eigenvalue weighted by atomic mass is 10.4. The zero-order valence-electron chi connectivity index (χ0n) is 10.5. The molecule has 0 aromatic carbocycles. The first-order chi connectivity index (χ1) is 8.83. The van der Waals surface area contributed by atoms with Gasteiger partial charge in [-0.15, -0.1) is 10.2 Å². The SMILES string of the molecule is CCn1cnnc1CCNc1cc(OC)ncn1. The van der Waals surface area contributed by atoms with Crippen molar-refractivity contribution in [1.82, 2.24) is 24.7 Å². The van der Waals surface area contributed by atoms with Gasteiger partial charge in [0.1, 0.15) is 24.3 Å². The molecule has 0 unspecified atom stereocenters. The number of methoxy groups -OCH3 is 1. The van der Waals surface area contributed by atoms with Crippen molar-refractivity contribution in [2.45, 2.75) is 19.9 Å². The maximum atomic E-state index is 5.03. The van der Waals surface area contributed by atoms with E-state index in [0.717, 1.165) is 31.2 Å². The minimum Gasteiger partial charge on any atom is -0.481 e. The predicted molar refractivity (Wildman–Crippen MR) is 66.5 cm³/mol. The van der Waals surface area contributed by atoms with Gasteiger partial charge >= 0.3 is 0 Å². The minimum absolute atomic E-state index is 0.546. The van der Waals surface area contributed by atoms with E-state index in [9.17, 15) is 0 Å². The molecule has 0 amide bonds. The number of ether oxygens (including phenoxy) is 1. The van der Waals surface area contributed by atoms with Gasteiger partial charge in [0.15, 0.2) is 0 Å². The molecule has 2 aromatic heterocycles. The number of rotatable bonds is 6. The van der Waals surface area contributed by atoms with E-state index >= 15 is 0 Å². The minimum atomic E-state index is 0.546. The number of aromatic nitrogens is 5. The fourth-order valence-electron chi connectivity index (χ4n) is 1.59. The molecule has 0 aliphatic rings. The van der Waals surface area contributed by atoms with Crippen LogP contribution in [-0.2, 0) is 13.0 Å². The fraction of sp³-hybridized carbons (Fsp3) is 0.455. The zero-order valence-corrected chi connectivity index (χ0v) is 10.5. The fourth-order valence-corrected chi connectivity index (χ4v) is 1.59. The van der Waals surface area contributed by atoms with Crippen LogP contribution >= 0.6 is 0 Å². The highest BCUT2D eigenvalue weighted by Gasteiger charge is 2.03. The summed E-state index contributed by atoms with van der Waals surface area (Å²) in [6.45, 7) is 3.68. The molecule has 7 heteroatoms. The Balaban J connectivity index is 1.88. The van der Waals surface area contributed by atoms with E-state index in [-0.39, 0.29) is 0 Å². The van der Waals surface area contributed by atoms with Crippen LogP contribution in [0.1, 0.15) is 12.7 Å². The lowest BCUT2D eigenvalue weighted by Gasteiger charge is -2.06. The zero-order chi connectivity index (χ0) is 12.8. The molecule has 2 aromatic rings. The van der Waals surface area contributed by atoms with Gasteiger partial charge in [-0.1, -0.05) is 0 Å². The van der Waals surface area contributed by atoms with E-state index < -0.39 is 0 Å². The van der Waals surface area contributed by atoms with Gasteiger partial charge in [-0.05, 0) is 6.92 Å². The Bertz CT molecular complexity index is 498. The molecule has 96 valence electrons. The molecule has 2 rings (SSSR count). The van der Waals surface area contributed by atoms with Crippen molar-refractivity contribution < 1.29 is 4.74 Å². The Morgan fingerprint density at radius 1 is 1.39 bits per heavy atom.